The Morgan fingerprint density at radius 3 is 2.64 bits per heavy atom. The molecule has 2 N–H and O–H groups in total. The van der Waals surface area contributed by atoms with Gasteiger partial charge in [0, 0.05) is 44.4 Å². The van der Waals surface area contributed by atoms with Crippen LogP contribution in [0.4, 0.5) is 0 Å². The summed E-state index contributed by atoms with van der Waals surface area (Å²) in [7, 11) is 0. The number of aromatic nitrogens is 4. The van der Waals surface area contributed by atoms with Crippen LogP contribution in [0.2, 0.25) is 0 Å². The van der Waals surface area contributed by atoms with Gasteiger partial charge >= 0.3 is 0 Å². The minimum absolute atomic E-state index is 0.0483. The Morgan fingerprint density at radius 1 is 1.21 bits per heavy atom. The number of hydrogen-bond donors (Lipinski definition) is 2. The number of imidazole rings is 1. The second kappa shape index (κ2) is 6.88. The zero-order valence-electron chi connectivity index (χ0n) is 16.1. The van der Waals surface area contributed by atoms with Gasteiger partial charge in [0.25, 0.3) is 11.5 Å². The smallest absolute Gasteiger partial charge is 0.263 e. The van der Waals surface area contributed by atoms with E-state index in [-0.39, 0.29) is 17.4 Å². The maximum atomic E-state index is 12.8. The van der Waals surface area contributed by atoms with Crippen molar-refractivity contribution in [3.05, 3.63) is 45.7 Å². The summed E-state index contributed by atoms with van der Waals surface area (Å²) < 4.78 is 0. The first-order valence-electron chi connectivity index (χ1n) is 9.64. The summed E-state index contributed by atoms with van der Waals surface area (Å²) in [6.07, 6.45) is 5.41. The van der Waals surface area contributed by atoms with Crippen molar-refractivity contribution in [2.45, 2.75) is 45.1 Å². The fourth-order valence-corrected chi connectivity index (χ4v) is 4.43. The van der Waals surface area contributed by atoms with Crippen molar-refractivity contribution in [1.82, 2.24) is 29.7 Å². The Hall–Kier alpha value is -2.97. The molecule has 0 radical (unpaired) electrons. The van der Waals surface area contributed by atoms with Gasteiger partial charge in [-0.3, -0.25) is 14.4 Å². The SMILES string of the molecule is CCC(=O)N1CCc2[nH]cnc2C12CCN(C(=O)c1cnc(C)[nH]c1=O)CC2. The summed E-state index contributed by atoms with van der Waals surface area (Å²) >= 11 is 0. The molecule has 0 atom stereocenters. The average molecular weight is 384 g/mol. The Kier molecular flexibility index (Phi) is 4.52. The van der Waals surface area contributed by atoms with Crippen molar-refractivity contribution in [2.24, 2.45) is 0 Å². The fraction of sp³-hybridized carbons (Fsp3) is 0.526. The molecule has 0 aromatic carbocycles. The molecule has 28 heavy (non-hydrogen) atoms. The summed E-state index contributed by atoms with van der Waals surface area (Å²) in [5, 5.41) is 0. The highest BCUT2D eigenvalue weighted by Gasteiger charge is 2.48. The van der Waals surface area contributed by atoms with Crippen LogP contribution < -0.4 is 5.56 Å². The first-order valence-corrected chi connectivity index (χ1v) is 9.64. The van der Waals surface area contributed by atoms with Gasteiger partial charge in [-0.1, -0.05) is 6.92 Å². The number of hydrogen-bond acceptors (Lipinski definition) is 5. The molecular formula is C19H24N6O3. The van der Waals surface area contributed by atoms with Crippen molar-refractivity contribution >= 4 is 11.8 Å². The molecule has 148 valence electrons. The van der Waals surface area contributed by atoms with Crippen molar-refractivity contribution in [2.75, 3.05) is 19.6 Å². The van der Waals surface area contributed by atoms with Gasteiger partial charge in [-0.25, -0.2) is 9.97 Å². The predicted octanol–water partition coefficient (Wildman–Crippen LogP) is 0.728. The van der Waals surface area contributed by atoms with E-state index in [1.54, 1.807) is 18.2 Å². The van der Waals surface area contributed by atoms with Gasteiger partial charge < -0.3 is 19.8 Å². The zero-order chi connectivity index (χ0) is 19.9. The number of nitrogens with zero attached hydrogens (tertiary/aromatic N) is 4. The summed E-state index contributed by atoms with van der Waals surface area (Å²) in [5.41, 5.74) is 1.12. The van der Waals surface area contributed by atoms with E-state index in [0.717, 1.165) is 17.8 Å². The lowest BCUT2D eigenvalue weighted by Gasteiger charge is -2.50. The van der Waals surface area contributed by atoms with Crippen molar-refractivity contribution in [1.29, 1.82) is 0 Å². The number of amides is 2. The van der Waals surface area contributed by atoms with Crippen molar-refractivity contribution < 1.29 is 9.59 Å². The van der Waals surface area contributed by atoms with Gasteiger partial charge in [0.15, 0.2) is 0 Å². The number of piperidine rings is 1. The topological polar surface area (TPSA) is 115 Å². The third kappa shape index (κ3) is 2.81. The number of nitrogens with one attached hydrogen (secondary N) is 2. The van der Waals surface area contributed by atoms with Crippen LogP contribution in [-0.2, 0) is 16.8 Å². The Morgan fingerprint density at radius 2 is 1.96 bits per heavy atom. The maximum absolute atomic E-state index is 12.8. The highest BCUT2D eigenvalue weighted by Crippen LogP contribution is 2.42. The quantitative estimate of drug-likeness (QED) is 0.792. The van der Waals surface area contributed by atoms with E-state index < -0.39 is 11.1 Å². The minimum atomic E-state index is -0.491. The van der Waals surface area contributed by atoms with E-state index in [1.165, 1.54) is 6.20 Å². The van der Waals surface area contributed by atoms with E-state index in [0.29, 0.717) is 44.7 Å². The Bertz CT molecular complexity index is 970. The van der Waals surface area contributed by atoms with Crippen LogP contribution in [0.5, 0.6) is 0 Å². The molecule has 2 aromatic heterocycles. The zero-order valence-corrected chi connectivity index (χ0v) is 16.1. The van der Waals surface area contributed by atoms with Crippen LogP contribution >= 0.6 is 0 Å². The third-order valence-electron chi connectivity index (χ3n) is 5.90. The van der Waals surface area contributed by atoms with Crippen LogP contribution in [-0.4, -0.2) is 61.2 Å². The molecule has 4 heterocycles. The Labute approximate surface area is 162 Å². The van der Waals surface area contributed by atoms with Crippen molar-refractivity contribution in [3.63, 3.8) is 0 Å². The molecule has 1 saturated heterocycles. The minimum Gasteiger partial charge on any atom is -0.348 e. The molecule has 0 aliphatic carbocycles. The van der Waals surface area contributed by atoms with Crippen LogP contribution in [0, 0.1) is 6.92 Å². The molecule has 2 amide bonds. The molecule has 9 heteroatoms. The first kappa shape index (κ1) is 18.4. The van der Waals surface area contributed by atoms with Gasteiger partial charge in [-0.15, -0.1) is 0 Å². The average Bonchev–Trinajstić information content (AvgIpc) is 3.18. The molecule has 9 nitrogen and oxygen atoms in total. The van der Waals surface area contributed by atoms with E-state index in [9.17, 15) is 14.4 Å². The number of rotatable bonds is 2. The molecule has 2 aliphatic rings. The van der Waals surface area contributed by atoms with E-state index >= 15 is 0 Å². The number of carbonyl (C=O) groups excluding carboxylic acids is 2. The van der Waals surface area contributed by atoms with Gasteiger partial charge in [0.05, 0.1) is 17.6 Å². The van der Waals surface area contributed by atoms with E-state index in [4.69, 9.17) is 0 Å². The molecular weight excluding hydrogens is 360 g/mol. The number of carbonyl (C=O) groups is 2. The van der Waals surface area contributed by atoms with Crippen LogP contribution in [0.1, 0.15) is 53.8 Å². The lowest BCUT2D eigenvalue weighted by Crippen LogP contribution is -2.59. The Balaban J connectivity index is 1.60. The first-order chi connectivity index (χ1) is 13.5. The lowest BCUT2D eigenvalue weighted by atomic mass is 9.78. The van der Waals surface area contributed by atoms with Crippen LogP contribution in [0.25, 0.3) is 0 Å². The number of aryl methyl sites for hydroxylation is 1. The molecule has 0 bridgehead atoms. The van der Waals surface area contributed by atoms with Gasteiger partial charge in [-0.2, -0.15) is 0 Å². The monoisotopic (exact) mass is 384 g/mol. The molecule has 2 aliphatic heterocycles. The second-order valence-corrected chi connectivity index (χ2v) is 7.41. The van der Waals surface area contributed by atoms with Crippen molar-refractivity contribution in [3.8, 4) is 0 Å². The van der Waals surface area contributed by atoms with E-state index in [1.807, 2.05) is 11.8 Å². The fourth-order valence-electron chi connectivity index (χ4n) is 4.43. The number of fused-ring (bicyclic) bond motifs is 2. The van der Waals surface area contributed by atoms with Gasteiger partial charge in [0.2, 0.25) is 5.91 Å². The highest BCUT2D eigenvalue weighted by atomic mass is 16.2. The number of aromatic amines is 2. The molecule has 0 saturated carbocycles. The molecule has 2 aromatic rings. The third-order valence-corrected chi connectivity index (χ3v) is 5.90. The lowest BCUT2D eigenvalue weighted by molar-refractivity contribution is -0.141. The normalized spacial score (nSPS) is 18.2. The number of likely N-dealkylation sites (tertiary alicyclic amines) is 1. The molecule has 4 rings (SSSR count). The summed E-state index contributed by atoms with van der Waals surface area (Å²) in [4.78, 5) is 55.5. The highest BCUT2D eigenvalue weighted by molar-refractivity contribution is 5.93. The van der Waals surface area contributed by atoms with Gasteiger partial charge in [-0.05, 0) is 19.8 Å². The second-order valence-electron chi connectivity index (χ2n) is 7.41. The largest absolute Gasteiger partial charge is 0.348 e. The summed E-state index contributed by atoms with van der Waals surface area (Å²) in [6.45, 7) is 5.09. The summed E-state index contributed by atoms with van der Waals surface area (Å²) in [5.74, 6) is 0.253. The number of H-pyrrole nitrogens is 2. The summed E-state index contributed by atoms with van der Waals surface area (Å²) in [6, 6.07) is 0. The molecule has 0 unspecified atom stereocenters. The van der Waals surface area contributed by atoms with Crippen LogP contribution in [0.3, 0.4) is 0 Å². The molecule has 1 fully saturated rings. The van der Waals surface area contributed by atoms with Gasteiger partial charge in [0.1, 0.15) is 11.4 Å². The van der Waals surface area contributed by atoms with E-state index in [2.05, 4.69) is 19.9 Å². The molecule has 1 spiro atoms. The predicted molar refractivity (Wildman–Crippen MR) is 101 cm³/mol. The standard InChI is InChI=1S/C19H24N6O3/c1-3-15(26)25-7-4-14-16(22-11-21-14)19(25)5-8-24(9-6-19)18(28)13-10-20-12(2)23-17(13)27/h10-11H,3-9H2,1-2H3,(H,21,22)(H,20,23,27). The maximum Gasteiger partial charge on any atom is 0.263 e. The van der Waals surface area contributed by atoms with Crippen LogP contribution in [0.15, 0.2) is 17.3 Å².